The van der Waals surface area contributed by atoms with Gasteiger partial charge in [0.15, 0.2) is 0 Å². The lowest BCUT2D eigenvalue weighted by Crippen LogP contribution is -2.55. The van der Waals surface area contributed by atoms with Crippen LogP contribution >= 0.6 is 0 Å². The first-order chi connectivity index (χ1) is 18.1. The van der Waals surface area contributed by atoms with E-state index in [1.54, 1.807) is 4.68 Å². The smallest absolute Gasteiger partial charge is 0.283 e. The van der Waals surface area contributed by atoms with Gasteiger partial charge in [0.05, 0.1) is 16.6 Å². The Morgan fingerprint density at radius 1 is 0.784 bits per heavy atom. The summed E-state index contributed by atoms with van der Waals surface area (Å²) in [5.74, 6) is 6.40. The zero-order valence-electron chi connectivity index (χ0n) is 20.6. The van der Waals surface area contributed by atoms with Crippen molar-refractivity contribution in [1.82, 2.24) is 24.9 Å². The second kappa shape index (κ2) is 8.96. The standard InChI is InChI=1S/C31H25N5O/c1-22(2)32-30(37)31(21-20-23-12-4-3-5-13-23,36-29-19-11-8-16-26(29)33-34-36)35-27-17-9-6-14-24(27)25-15-7-10-18-28(25)35/h3-19,22H,1-2H3,(H,32,37). The molecule has 6 rings (SSSR count). The maximum absolute atomic E-state index is 14.5. The Morgan fingerprint density at radius 3 is 2.00 bits per heavy atom. The molecule has 6 nitrogen and oxygen atoms in total. The zero-order valence-corrected chi connectivity index (χ0v) is 20.6. The molecular formula is C31H25N5O. The summed E-state index contributed by atoms with van der Waals surface area (Å²) in [6.45, 7) is 3.89. The zero-order chi connectivity index (χ0) is 25.4. The van der Waals surface area contributed by atoms with E-state index < -0.39 is 5.66 Å². The molecule has 1 unspecified atom stereocenters. The van der Waals surface area contributed by atoms with Gasteiger partial charge in [-0.1, -0.05) is 77.9 Å². The van der Waals surface area contributed by atoms with Crippen molar-refractivity contribution < 1.29 is 4.79 Å². The second-order valence-electron chi connectivity index (χ2n) is 9.28. The highest BCUT2D eigenvalue weighted by Gasteiger charge is 2.45. The van der Waals surface area contributed by atoms with Gasteiger partial charge in [-0.05, 0) is 56.2 Å². The number of hydrogen-bond acceptors (Lipinski definition) is 3. The van der Waals surface area contributed by atoms with Crippen molar-refractivity contribution in [3.8, 4) is 11.8 Å². The minimum Gasteiger partial charge on any atom is -0.349 e. The van der Waals surface area contributed by atoms with Crippen molar-refractivity contribution in [2.24, 2.45) is 0 Å². The minimum absolute atomic E-state index is 0.117. The Bertz CT molecular complexity index is 1770. The predicted molar refractivity (Wildman–Crippen MR) is 147 cm³/mol. The topological polar surface area (TPSA) is 64.7 Å². The van der Waals surface area contributed by atoms with Crippen LogP contribution in [0.1, 0.15) is 19.4 Å². The molecule has 0 fully saturated rings. The Labute approximate surface area is 214 Å². The lowest BCUT2D eigenvalue weighted by Gasteiger charge is -2.32. The molecule has 1 atom stereocenters. The third-order valence-corrected chi connectivity index (χ3v) is 6.45. The van der Waals surface area contributed by atoms with Crippen LogP contribution in [0.5, 0.6) is 0 Å². The highest BCUT2D eigenvalue weighted by atomic mass is 16.2. The summed E-state index contributed by atoms with van der Waals surface area (Å²) in [7, 11) is 0. The molecule has 180 valence electrons. The average Bonchev–Trinajstić information content (AvgIpc) is 3.50. The molecule has 6 heteroatoms. The Balaban J connectivity index is 1.81. The van der Waals surface area contributed by atoms with Crippen LogP contribution in [-0.2, 0) is 10.5 Å². The molecule has 6 aromatic rings. The van der Waals surface area contributed by atoms with Crippen LogP contribution in [0.4, 0.5) is 0 Å². The predicted octanol–water partition coefficient (Wildman–Crippen LogP) is 5.32. The van der Waals surface area contributed by atoms with Gasteiger partial charge in [-0.25, -0.2) is 0 Å². The minimum atomic E-state index is -1.57. The molecule has 1 amide bonds. The van der Waals surface area contributed by atoms with Gasteiger partial charge in [0.25, 0.3) is 11.6 Å². The van der Waals surface area contributed by atoms with E-state index in [0.29, 0.717) is 11.0 Å². The number of nitrogens with zero attached hydrogens (tertiary/aromatic N) is 4. The Morgan fingerprint density at radius 2 is 1.35 bits per heavy atom. The number of fused-ring (bicyclic) bond motifs is 4. The highest BCUT2D eigenvalue weighted by Crippen LogP contribution is 2.36. The molecular weight excluding hydrogens is 458 g/mol. The molecule has 0 spiro atoms. The molecule has 0 aliphatic carbocycles. The van der Waals surface area contributed by atoms with Gasteiger partial charge in [-0.2, -0.15) is 4.68 Å². The average molecular weight is 484 g/mol. The molecule has 0 saturated heterocycles. The fraction of sp³-hybridized carbons (Fsp3) is 0.129. The number of aromatic nitrogens is 4. The summed E-state index contributed by atoms with van der Waals surface area (Å²) in [5.41, 5.74) is 2.39. The van der Waals surface area contributed by atoms with Crippen molar-refractivity contribution in [3.05, 3.63) is 109 Å². The molecule has 0 aliphatic rings. The van der Waals surface area contributed by atoms with Crippen LogP contribution in [0.2, 0.25) is 0 Å². The first-order valence-electron chi connectivity index (χ1n) is 12.3. The van der Waals surface area contributed by atoms with Crippen LogP contribution < -0.4 is 5.32 Å². The Kier molecular flexibility index (Phi) is 5.46. The van der Waals surface area contributed by atoms with E-state index in [9.17, 15) is 4.79 Å². The number of hydrogen-bond donors (Lipinski definition) is 1. The van der Waals surface area contributed by atoms with Crippen molar-refractivity contribution in [2.75, 3.05) is 0 Å². The third kappa shape index (κ3) is 3.64. The van der Waals surface area contributed by atoms with Gasteiger partial charge in [0.2, 0.25) is 0 Å². The second-order valence-corrected chi connectivity index (χ2v) is 9.28. The summed E-state index contributed by atoms with van der Waals surface area (Å²) < 4.78 is 3.67. The number of carbonyl (C=O) groups excluding carboxylic acids is 1. The van der Waals surface area contributed by atoms with Gasteiger partial charge in [-0.3, -0.25) is 9.36 Å². The summed E-state index contributed by atoms with van der Waals surface area (Å²) in [6.07, 6.45) is 0. The first-order valence-corrected chi connectivity index (χ1v) is 12.3. The highest BCUT2D eigenvalue weighted by molar-refractivity contribution is 6.10. The van der Waals surface area contributed by atoms with E-state index in [-0.39, 0.29) is 11.9 Å². The number of benzene rings is 4. The quantitative estimate of drug-likeness (QED) is 0.345. The van der Waals surface area contributed by atoms with Gasteiger partial charge in [-0.15, -0.1) is 5.10 Å². The Hall–Kier alpha value is -4.89. The van der Waals surface area contributed by atoms with Crippen molar-refractivity contribution in [1.29, 1.82) is 0 Å². The fourth-order valence-corrected chi connectivity index (χ4v) is 4.88. The van der Waals surface area contributed by atoms with Crippen LogP contribution in [0.3, 0.4) is 0 Å². The molecule has 0 radical (unpaired) electrons. The molecule has 1 N–H and O–H groups in total. The summed E-state index contributed by atoms with van der Waals surface area (Å²) in [6, 6.07) is 33.4. The molecule has 0 saturated carbocycles. The van der Waals surface area contributed by atoms with Crippen molar-refractivity contribution in [2.45, 2.75) is 25.6 Å². The molecule has 37 heavy (non-hydrogen) atoms. The maximum atomic E-state index is 14.5. The van der Waals surface area contributed by atoms with E-state index >= 15 is 0 Å². The van der Waals surface area contributed by atoms with Crippen molar-refractivity contribution in [3.63, 3.8) is 0 Å². The van der Waals surface area contributed by atoms with E-state index in [1.807, 2.05) is 109 Å². The molecule has 0 aliphatic heterocycles. The largest absolute Gasteiger partial charge is 0.349 e. The van der Waals surface area contributed by atoms with Gasteiger partial charge >= 0.3 is 0 Å². The number of carbonyl (C=O) groups is 1. The number of nitrogens with one attached hydrogen (secondary N) is 1. The van der Waals surface area contributed by atoms with Crippen LogP contribution in [0, 0.1) is 11.8 Å². The van der Waals surface area contributed by atoms with Gasteiger partial charge in [0.1, 0.15) is 5.52 Å². The lowest BCUT2D eigenvalue weighted by molar-refractivity contribution is -0.129. The van der Waals surface area contributed by atoms with E-state index in [4.69, 9.17) is 0 Å². The summed E-state index contributed by atoms with van der Waals surface area (Å²) in [4.78, 5) is 14.5. The maximum Gasteiger partial charge on any atom is 0.283 e. The monoisotopic (exact) mass is 483 g/mol. The molecule has 0 bridgehead atoms. The SMILES string of the molecule is CC(C)NC(=O)C(C#Cc1ccccc1)(n1nnc2ccccc21)n1c2ccccc2c2ccccc21. The van der Waals surface area contributed by atoms with E-state index in [2.05, 4.69) is 39.6 Å². The molecule has 2 heterocycles. The van der Waals surface area contributed by atoms with Gasteiger partial charge in [0, 0.05) is 22.4 Å². The summed E-state index contributed by atoms with van der Waals surface area (Å²) >= 11 is 0. The van der Waals surface area contributed by atoms with Crippen LogP contribution in [0.25, 0.3) is 32.8 Å². The summed E-state index contributed by atoms with van der Waals surface area (Å²) in [5, 5.41) is 14.2. The fourth-order valence-electron chi connectivity index (χ4n) is 4.88. The number of para-hydroxylation sites is 3. The van der Waals surface area contributed by atoms with Crippen LogP contribution in [0.15, 0.2) is 103 Å². The third-order valence-electron chi connectivity index (χ3n) is 6.45. The molecule has 2 aromatic heterocycles. The van der Waals surface area contributed by atoms with E-state index in [0.717, 1.165) is 27.4 Å². The normalized spacial score (nSPS) is 12.9. The van der Waals surface area contributed by atoms with E-state index in [1.165, 1.54) is 0 Å². The van der Waals surface area contributed by atoms with Crippen LogP contribution in [-0.4, -0.2) is 31.5 Å². The number of amides is 1. The lowest BCUT2D eigenvalue weighted by atomic mass is 10.1. The number of rotatable bonds is 4. The van der Waals surface area contributed by atoms with Crippen molar-refractivity contribution >= 4 is 38.7 Å². The first kappa shape index (κ1) is 22.6. The van der Waals surface area contributed by atoms with Gasteiger partial charge < -0.3 is 5.32 Å². The molecule has 4 aromatic carbocycles.